The van der Waals surface area contributed by atoms with Gasteiger partial charge >= 0.3 is 0 Å². The third-order valence-electron chi connectivity index (χ3n) is 2.01. The quantitative estimate of drug-likeness (QED) is 0.852. The molecule has 1 aromatic heterocycles. The lowest BCUT2D eigenvalue weighted by Gasteiger charge is -2.02. The van der Waals surface area contributed by atoms with Crippen LogP contribution in [0.5, 0.6) is 5.75 Å². The Balaban J connectivity index is 2.40. The van der Waals surface area contributed by atoms with E-state index in [-0.39, 0.29) is 24.1 Å². The fourth-order valence-corrected chi connectivity index (χ4v) is 1.24. The molecule has 0 aliphatic heterocycles. The Hall–Kier alpha value is -1.95. The monoisotopic (exact) mass is 224 g/mol. The number of methoxy groups -OCH3 is 1. The van der Waals surface area contributed by atoms with E-state index in [1.807, 2.05) is 0 Å². The summed E-state index contributed by atoms with van der Waals surface area (Å²) >= 11 is 0. The van der Waals surface area contributed by atoms with Gasteiger partial charge in [0.25, 0.3) is 5.89 Å². The summed E-state index contributed by atoms with van der Waals surface area (Å²) < 4.78 is 22.7. The summed E-state index contributed by atoms with van der Waals surface area (Å²) in [4.78, 5) is 3.90. The summed E-state index contributed by atoms with van der Waals surface area (Å²) in [5.74, 6) is 0.0330. The molecule has 16 heavy (non-hydrogen) atoms. The molecule has 0 bridgehead atoms. The first-order valence-corrected chi connectivity index (χ1v) is 4.52. The smallest absolute Gasteiger partial charge is 0.252 e. The third kappa shape index (κ3) is 1.87. The fourth-order valence-electron chi connectivity index (χ4n) is 1.24. The Morgan fingerprint density at radius 2 is 2.31 bits per heavy atom. The highest BCUT2D eigenvalue weighted by atomic mass is 19.1. The van der Waals surface area contributed by atoms with Crippen molar-refractivity contribution in [3.63, 3.8) is 0 Å². The number of hydrogen-bond donors (Lipinski definition) is 1. The third-order valence-corrected chi connectivity index (χ3v) is 2.01. The van der Waals surface area contributed by atoms with Gasteiger partial charge in [0.2, 0.25) is 5.82 Å². The van der Waals surface area contributed by atoms with Gasteiger partial charge in [0.05, 0.1) is 7.11 Å². The maximum absolute atomic E-state index is 13.1. The molecule has 2 aromatic rings. The largest absolute Gasteiger partial charge is 0.494 e. The zero-order chi connectivity index (χ0) is 11.5. The molecule has 2 rings (SSSR count). The summed E-state index contributed by atoms with van der Waals surface area (Å²) in [6.45, 7) is -0.328. The predicted molar refractivity (Wildman–Crippen MR) is 52.2 cm³/mol. The Morgan fingerprint density at radius 1 is 1.50 bits per heavy atom. The van der Waals surface area contributed by atoms with Crippen molar-refractivity contribution in [2.24, 2.45) is 0 Å². The van der Waals surface area contributed by atoms with Gasteiger partial charge in [0.1, 0.15) is 6.61 Å². The van der Waals surface area contributed by atoms with Crippen LogP contribution in [0.15, 0.2) is 22.7 Å². The molecule has 1 N–H and O–H groups in total. The molecular formula is C10H9FN2O3. The van der Waals surface area contributed by atoms with Crippen molar-refractivity contribution in [2.45, 2.75) is 6.61 Å². The molecule has 1 aromatic carbocycles. The number of ether oxygens (including phenoxy) is 1. The van der Waals surface area contributed by atoms with Gasteiger partial charge in [-0.1, -0.05) is 5.16 Å². The van der Waals surface area contributed by atoms with E-state index in [2.05, 4.69) is 10.1 Å². The summed E-state index contributed by atoms with van der Waals surface area (Å²) in [6.07, 6.45) is 0. The van der Waals surface area contributed by atoms with Gasteiger partial charge in [-0.2, -0.15) is 4.98 Å². The van der Waals surface area contributed by atoms with Crippen LogP contribution in [0.25, 0.3) is 11.4 Å². The molecular weight excluding hydrogens is 215 g/mol. The van der Waals surface area contributed by atoms with E-state index in [9.17, 15) is 4.39 Å². The summed E-state index contributed by atoms with van der Waals surface area (Å²) in [5.41, 5.74) is 0.557. The van der Waals surface area contributed by atoms with Crippen LogP contribution in [0.4, 0.5) is 4.39 Å². The highest BCUT2D eigenvalue weighted by Crippen LogP contribution is 2.24. The molecule has 5 nitrogen and oxygen atoms in total. The second-order valence-corrected chi connectivity index (χ2v) is 3.02. The van der Waals surface area contributed by atoms with Crippen LogP contribution in [0, 0.1) is 5.82 Å². The lowest BCUT2D eigenvalue weighted by atomic mass is 10.2. The molecule has 0 amide bonds. The SMILES string of the molecule is COc1cc(-c2noc(CO)n2)ccc1F. The molecule has 0 atom stereocenters. The summed E-state index contributed by atoms with van der Waals surface area (Å²) in [6, 6.07) is 4.22. The number of halogens is 1. The van der Waals surface area contributed by atoms with E-state index in [0.717, 1.165) is 0 Å². The van der Waals surface area contributed by atoms with E-state index in [0.29, 0.717) is 5.56 Å². The number of aromatic nitrogens is 2. The molecule has 0 aliphatic rings. The number of aliphatic hydroxyl groups is 1. The van der Waals surface area contributed by atoms with Crippen molar-refractivity contribution >= 4 is 0 Å². The van der Waals surface area contributed by atoms with Crippen molar-refractivity contribution in [3.8, 4) is 17.1 Å². The van der Waals surface area contributed by atoms with E-state index in [1.54, 1.807) is 0 Å². The lowest BCUT2D eigenvalue weighted by molar-refractivity contribution is 0.222. The van der Waals surface area contributed by atoms with Crippen molar-refractivity contribution in [3.05, 3.63) is 29.9 Å². The van der Waals surface area contributed by atoms with Gasteiger partial charge in [-0.15, -0.1) is 0 Å². The van der Waals surface area contributed by atoms with Gasteiger partial charge < -0.3 is 14.4 Å². The van der Waals surface area contributed by atoms with E-state index < -0.39 is 5.82 Å². The first-order valence-electron chi connectivity index (χ1n) is 4.52. The van der Waals surface area contributed by atoms with Gasteiger partial charge in [-0.25, -0.2) is 4.39 Å². The first-order chi connectivity index (χ1) is 7.74. The number of benzene rings is 1. The minimum absolute atomic E-state index is 0.104. The molecule has 0 fully saturated rings. The number of hydrogen-bond acceptors (Lipinski definition) is 5. The molecule has 0 spiro atoms. The minimum Gasteiger partial charge on any atom is -0.494 e. The van der Waals surface area contributed by atoms with Crippen LogP contribution in [0.1, 0.15) is 5.89 Å². The average Bonchev–Trinajstić information content (AvgIpc) is 2.78. The Labute approximate surface area is 90.5 Å². The van der Waals surface area contributed by atoms with Crippen molar-refractivity contribution in [1.82, 2.24) is 10.1 Å². The van der Waals surface area contributed by atoms with Crippen LogP contribution in [0.2, 0.25) is 0 Å². The van der Waals surface area contributed by atoms with E-state index in [1.165, 1.54) is 25.3 Å². The zero-order valence-electron chi connectivity index (χ0n) is 8.48. The second-order valence-electron chi connectivity index (χ2n) is 3.02. The molecule has 1 heterocycles. The van der Waals surface area contributed by atoms with Crippen molar-refractivity contribution in [2.75, 3.05) is 7.11 Å². The van der Waals surface area contributed by atoms with Crippen LogP contribution in [-0.2, 0) is 6.61 Å². The topological polar surface area (TPSA) is 68.4 Å². The Morgan fingerprint density at radius 3 is 2.94 bits per heavy atom. The average molecular weight is 224 g/mol. The molecule has 0 aliphatic carbocycles. The Kier molecular flexibility index (Phi) is 2.82. The molecule has 0 unspecified atom stereocenters. The van der Waals surface area contributed by atoms with Crippen LogP contribution >= 0.6 is 0 Å². The van der Waals surface area contributed by atoms with Gasteiger partial charge in [0, 0.05) is 5.56 Å². The molecule has 0 saturated heterocycles. The highest BCUT2D eigenvalue weighted by molar-refractivity contribution is 5.57. The van der Waals surface area contributed by atoms with Gasteiger partial charge in [-0.3, -0.25) is 0 Å². The number of nitrogens with zero attached hydrogens (tertiary/aromatic N) is 2. The van der Waals surface area contributed by atoms with Crippen molar-refractivity contribution < 1.29 is 18.8 Å². The van der Waals surface area contributed by atoms with Gasteiger partial charge in [-0.05, 0) is 18.2 Å². The first kappa shape index (κ1) is 10.6. The second kappa shape index (κ2) is 4.28. The lowest BCUT2D eigenvalue weighted by Crippen LogP contribution is -1.90. The normalized spacial score (nSPS) is 10.4. The summed E-state index contributed by atoms with van der Waals surface area (Å²) in [7, 11) is 1.37. The molecule has 0 radical (unpaired) electrons. The fraction of sp³-hybridized carbons (Fsp3) is 0.200. The molecule has 6 heteroatoms. The maximum Gasteiger partial charge on any atom is 0.252 e. The highest BCUT2D eigenvalue weighted by Gasteiger charge is 2.10. The number of rotatable bonds is 3. The van der Waals surface area contributed by atoms with Crippen molar-refractivity contribution in [1.29, 1.82) is 0 Å². The molecule has 0 saturated carbocycles. The standard InChI is InChI=1S/C10H9FN2O3/c1-15-8-4-6(2-3-7(8)11)10-12-9(5-14)16-13-10/h2-4,14H,5H2,1H3. The number of aliphatic hydroxyl groups excluding tert-OH is 1. The van der Waals surface area contributed by atoms with E-state index in [4.69, 9.17) is 14.4 Å². The van der Waals surface area contributed by atoms with E-state index >= 15 is 0 Å². The predicted octanol–water partition coefficient (Wildman–Crippen LogP) is 1.38. The van der Waals surface area contributed by atoms with Gasteiger partial charge in [0.15, 0.2) is 11.6 Å². The minimum atomic E-state index is -0.461. The van der Waals surface area contributed by atoms with Crippen LogP contribution in [-0.4, -0.2) is 22.4 Å². The van der Waals surface area contributed by atoms with Crippen LogP contribution in [0.3, 0.4) is 0 Å². The maximum atomic E-state index is 13.1. The Bertz CT molecular complexity index is 499. The summed E-state index contributed by atoms with van der Waals surface area (Å²) in [5, 5.41) is 12.4. The van der Waals surface area contributed by atoms with Crippen LogP contribution < -0.4 is 4.74 Å². The zero-order valence-corrected chi connectivity index (χ0v) is 8.48. The molecule has 84 valence electrons.